The predicted molar refractivity (Wildman–Crippen MR) is 58.9 cm³/mol. The van der Waals surface area contributed by atoms with Crippen LogP contribution >= 0.6 is 0 Å². The van der Waals surface area contributed by atoms with Crippen LogP contribution in [0.25, 0.3) is 0 Å². The lowest BCUT2D eigenvalue weighted by atomic mass is 10.1. The van der Waals surface area contributed by atoms with E-state index in [4.69, 9.17) is 5.11 Å². The molecule has 142 valence electrons. The molecule has 0 aromatic heterocycles. The summed E-state index contributed by atoms with van der Waals surface area (Å²) in [4.78, 5) is 0. The Bertz CT molecular complexity index is 619. The number of benzene rings is 1. The Morgan fingerprint density at radius 1 is 0.720 bits per heavy atom. The second-order valence-electron chi connectivity index (χ2n) is 4.37. The first-order valence-electron chi connectivity index (χ1n) is 5.78. The highest BCUT2D eigenvalue weighted by molar-refractivity contribution is 5.35. The Labute approximate surface area is 131 Å². The van der Waals surface area contributed by atoms with Gasteiger partial charge in [-0.3, -0.25) is 0 Å². The summed E-state index contributed by atoms with van der Waals surface area (Å²) in [6.07, 6.45) is -20.1. The van der Waals surface area contributed by atoms with E-state index in [9.17, 15) is 48.3 Å². The quantitative estimate of drug-likeness (QED) is 0.557. The second-order valence-corrected chi connectivity index (χ2v) is 4.37. The van der Waals surface area contributed by atoms with Crippen LogP contribution < -0.4 is 4.74 Å². The highest BCUT2D eigenvalue weighted by atomic mass is 19.4. The highest BCUT2D eigenvalue weighted by Crippen LogP contribution is 2.49. The Kier molecular flexibility index (Phi) is 5.22. The van der Waals surface area contributed by atoms with Gasteiger partial charge in [0.2, 0.25) is 5.76 Å². The molecule has 0 atom stereocenters. The standard InChI is InChI=1S/C12H5F11O2/c13-9(14,12(21,22)23)8(7(10(15,16)17)11(18,19)20)25-6-3-1-5(24)2-4-6/h1-4,24H. The molecule has 0 spiro atoms. The molecule has 1 aromatic carbocycles. The molecule has 0 saturated carbocycles. The fraction of sp³-hybridized carbons (Fsp3) is 0.333. The van der Waals surface area contributed by atoms with E-state index in [1.54, 1.807) is 0 Å². The summed E-state index contributed by atoms with van der Waals surface area (Å²) in [6, 6.07) is 1.96. The number of hydrogen-bond donors (Lipinski definition) is 1. The topological polar surface area (TPSA) is 29.5 Å². The zero-order chi connectivity index (χ0) is 19.8. The molecule has 0 bridgehead atoms. The van der Waals surface area contributed by atoms with Gasteiger partial charge in [-0.15, -0.1) is 0 Å². The Morgan fingerprint density at radius 3 is 1.44 bits per heavy atom. The van der Waals surface area contributed by atoms with E-state index in [0.29, 0.717) is 24.3 Å². The molecule has 0 aliphatic rings. The van der Waals surface area contributed by atoms with Crippen LogP contribution in [0.2, 0.25) is 0 Å². The van der Waals surface area contributed by atoms with Crippen molar-refractivity contribution in [2.75, 3.05) is 0 Å². The van der Waals surface area contributed by atoms with Crippen molar-refractivity contribution in [2.45, 2.75) is 24.5 Å². The molecular weight excluding hydrogens is 385 g/mol. The summed E-state index contributed by atoms with van der Waals surface area (Å²) in [5.41, 5.74) is -4.14. The van der Waals surface area contributed by atoms with Crippen molar-refractivity contribution in [3.63, 3.8) is 0 Å². The highest BCUT2D eigenvalue weighted by Gasteiger charge is 2.68. The van der Waals surface area contributed by atoms with Crippen molar-refractivity contribution in [2.24, 2.45) is 0 Å². The van der Waals surface area contributed by atoms with Gasteiger partial charge in [0.05, 0.1) is 0 Å². The largest absolute Gasteiger partial charge is 0.508 e. The molecule has 0 fully saturated rings. The average Bonchev–Trinajstić information content (AvgIpc) is 2.35. The Morgan fingerprint density at radius 2 is 1.12 bits per heavy atom. The fourth-order valence-electron chi connectivity index (χ4n) is 1.45. The van der Waals surface area contributed by atoms with Crippen molar-refractivity contribution >= 4 is 0 Å². The number of phenols is 1. The molecule has 0 unspecified atom stereocenters. The van der Waals surface area contributed by atoms with Crippen LogP contribution in [0.4, 0.5) is 48.3 Å². The van der Waals surface area contributed by atoms with Crippen LogP contribution in [0.3, 0.4) is 0 Å². The molecular formula is C12H5F11O2. The Balaban J connectivity index is 3.72. The monoisotopic (exact) mass is 390 g/mol. The molecule has 1 N–H and O–H groups in total. The van der Waals surface area contributed by atoms with Gasteiger partial charge in [-0.2, -0.15) is 48.3 Å². The van der Waals surface area contributed by atoms with Gasteiger partial charge >= 0.3 is 24.5 Å². The third-order valence-corrected chi connectivity index (χ3v) is 2.49. The van der Waals surface area contributed by atoms with E-state index in [2.05, 4.69) is 4.74 Å². The third kappa shape index (κ3) is 4.66. The van der Waals surface area contributed by atoms with Crippen molar-refractivity contribution in [1.29, 1.82) is 0 Å². The maximum atomic E-state index is 13.3. The smallest absolute Gasteiger partial charge is 0.461 e. The maximum absolute atomic E-state index is 13.3. The van der Waals surface area contributed by atoms with E-state index >= 15 is 0 Å². The lowest BCUT2D eigenvalue weighted by Crippen LogP contribution is -2.44. The molecule has 0 aliphatic heterocycles. The number of hydrogen-bond acceptors (Lipinski definition) is 2. The van der Waals surface area contributed by atoms with Gasteiger partial charge in [0.1, 0.15) is 11.5 Å². The lowest BCUT2D eigenvalue weighted by Gasteiger charge is -2.27. The minimum absolute atomic E-state index is 0.395. The summed E-state index contributed by atoms with van der Waals surface area (Å²) in [5.74, 6) is -12.1. The molecule has 0 radical (unpaired) electrons. The molecule has 0 amide bonds. The van der Waals surface area contributed by atoms with Gasteiger partial charge < -0.3 is 9.84 Å². The van der Waals surface area contributed by atoms with E-state index in [1.165, 1.54) is 0 Å². The van der Waals surface area contributed by atoms with E-state index < -0.39 is 47.3 Å². The summed E-state index contributed by atoms with van der Waals surface area (Å²) in [6.45, 7) is 0. The SMILES string of the molecule is Oc1ccc(OC(=C(C(F)(F)F)C(F)(F)F)C(F)(F)C(F)(F)F)cc1. The first-order valence-corrected chi connectivity index (χ1v) is 5.78. The van der Waals surface area contributed by atoms with Gasteiger partial charge in [0, 0.05) is 0 Å². The van der Waals surface area contributed by atoms with Crippen LogP contribution in [0.15, 0.2) is 35.6 Å². The number of aromatic hydroxyl groups is 1. The zero-order valence-electron chi connectivity index (χ0n) is 11.3. The van der Waals surface area contributed by atoms with Crippen LogP contribution in [0, 0.1) is 0 Å². The minimum atomic E-state index is -6.80. The number of phenolic OH excluding ortho intramolecular Hbond substituents is 1. The molecule has 13 heteroatoms. The van der Waals surface area contributed by atoms with Gasteiger partial charge in [0.25, 0.3) is 0 Å². The third-order valence-electron chi connectivity index (χ3n) is 2.49. The number of halogens is 11. The number of rotatable bonds is 3. The van der Waals surface area contributed by atoms with Crippen molar-refractivity contribution in [3.05, 3.63) is 35.6 Å². The van der Waals surface area contributed by atoms with Crippen molar-refractivity contribution in [3.8, 4) is 11.5 Å². The van der Waals surface area contributed by atoms with Crippen LogP contribution in [-0.2, 0) is 0 Å². The molecule has 1 rings (SSSR count). The van der Waals surface area contributed by atoms with Gasteiger partial charge in [-0.25, -0.2) is 0 Å². The number of ether oxygens (including phenoxy) is 1. The number of allylic oxidation sites excluding steroid dienone is 2. The average molecular weight is 390 g/mol. The molecule has 1 aromatic rings. The summed E-state index contributed by atoms with van der Waals surface area (Å²) >= 11 is 0. The van der Waals surface area contributed by atoms with Crippen LogP contribution in [0.5, 0.6) is 11.5 Å². The first kappa shape index (κ1) is 20.8. The van der Waals surface area contributed by atoms with Gasteiger partial charge in [-0.05, 0) is 24.3 Å². The van der Waals surface area contributed by atoms with Gasteiger partial charge in [0.15, 0.2) is 5.57 Å². The molecule has 25 heavy (non-hydrogen) atoms. The summed E-state index contributed by atoms with van der Waals surface area (Å²) in [5, 5.41) is 8.89. The van der Waals surface area contributed by atoms with E-state index in [0.717, 1.165) is 0 Å². The van der Waals surface area contributed by atoms with E-state index in [1.807, 2.05) is 0 Å². The summed E-state index contributed by atoms with van der Waals surface area (Å²) in [7, 11) is 0. The van der Waals surface area contributed by atoms with Crippen molar-refractivity contribution < 1.29 is 58.1 Å². The van der Waals surface area contributed by atoms with Crippen molar-refractivity contribution in [1.82, 2.24) is 0 Å². The lowest BCUT2D eigenvalue weighted by molar-refractivity contribution is -0.277. The van der Waals surface area contributed by atoms with Crippen LogP contribution in [0.1, 0.15) is 0 Å². The van der Waals surface area contributed by atoms with E-state index in [-0.39, 0.29) is 0 Å². The number of alkyl halides is 11. The minimum Gasteiger partial charge on any atom is -0.508 e. The maximum Gasteiger partial charge on any atom is 0.461 e. The molecule has 0 heterocycles. The molecule has 0 aliphatic carbocycles. The zero-order valence-corrected chi connectivity index (χ0v) is 11.3. The fourth-order valence-corrected chi connectivity index (χ4v) is 1.45. The Hall–Kier alpha value is -2.21. The first-order chi connectivity index (χ1) is 11.0. The predicted octanol–water partition coefficient (Wildman–Crippen LogP) is 5.35. The molecule has 0 saturated heterocycles. The molecule has 2 nitrogen and oxygen atoms in total. The van der Waals surface area contributed by atoms with Crippen LogP contribution in [-0.4, -0.2) is 29.6 Å². The second kappa shape index (κ2) is 6.26. The van der Waals surface area contributed by atoms with Gasteiger partial charge in [-0.1, -0.05) is 0 Å². The summed E-state index contributed by atoms with van der Waals surface area (Å²) < 4.78 is 143. The normalized spacial score (nSPS) is 13.6.